The van der Waals surface area contributed by atoms with Crippen molar-refractivity contribution in [2.45, 2.75) is 32.6 Å². The number of aliphatic imine (C=N–C) groups is 1. The summed E-state index contributed by atoms with van der Waals surface area (Å²) in [6, 6.07) is 7.29. The summed E-state index contributed by atoms with van der Waals surface area (Å²) in [5.41, 5.74) is 7.64. The van der Waals surface area contributed by atoms with Gasteiger partial charge in [0, 0.05) is 29.6 Å². The zero-order valence-electron chi connectivity index (χ0n) is 17.0. The summed E-state index contributed by atoms with van der Waals surface area (Å²) in [5, 5.41) is 0.500. The van der Waals surface area contributed by atoms with Crippen molar-refractivity contribution in [2.75, 3.05) is 26.9 Å². The molecule has 1 saturated carbocycles. The van der Waals surface area contributed by atoms with Gasteiger partial charge in [-0.1, -0.05) is 43.6 Å². The van der Waals surface area contributed by atoms with Crippen LogP contribution in [-0.2, 0) is 19.1 Å². The number of hydrogen-bond acceptors (Lipinski definition) is 6. The van der Waals surface area contributed by atoms with Gasteiger partial charge in [-0.3, -0.25) is 9.79 Å². The highest BCUT2D eigenvalue weighted by atomic mass is 35.5. The van der Waals surface area contributed by atoms with E-state index in [4.69, 9.17) is 31.8 Å². The number of nitrogens with two attached hydrogens (primary N) is 1. The number of ether oxygens (including phenoxy) is 2. The standard InChI is InChI=1S/C22H27ClN2O4/c1-22(2)10-15-19(17(26)11-22)18(13-6-4-5-7-14(13)23)20(21(27)28-3)16(25-15)12-29-9-8-24/h4-7,18-19H,8-12,24H2,1-3H3. The van der Waals surface area contributed by atoms with E-state index in [2.05, 4.69) is 13.8 Å². The van der Waals surface area contributed by atoms with E-state index in [0.29, 0.717) is 42.3 Å². The van der Waals surface area contributed by atoms with E-state index >= 15 is 0 Å². The maximum Gasteiger partial charge on any atom is 0.336 e. The van der Waals surface area contributed by atoms with Crippen LogP contribution in [-0.4, -0.2) is 44.3 Å². The minimum Gasteiger partial charge on any atom is -0.466 e. The molecule has 2 atom stereocenters. The van der Waals surface area contributed by atoms with Crippen LogP contribution >= 0.6 is 11.6 Å². The van der Waals surface area contributed by atoms with Crippen LogP contribution in [0.1, 0.15) is 38.2 Å². The Labute approximate surface area is 176 Å². The van der Waals surface area contributed by atoms with Gasteiger partial charge < -0.3 is 15.2 Å². The molecule has 2 aliphatic rings. The third kappa shape index (κ3) is 4.44. The number of esters is 1. The van der Waals surface area contributed by atoms with Crippen molar-refractivity contribution in [1.29, 1.82) is 0 Å². The number of halogens is 1. The van der Waals surface area contributed by atoms with Crippen LogP contribution in [0, 0.1) is 11.3 Å². The first-order valence-corrected chi connectivity index (χ1v) is 10.1. The van der Waals surface area contributed by atoms with E-state index in [-0.39, 0.29) is 17.8 Å². The Bertz CT molecular complexity index is 875. The molecule has 3 rings (SSSR count). The van der Waals surface area contributed by atoms with Gasteiger partial charge in [-0.05, 0) is 23.5 Å². The third-order valence-electron chi connectivity index (χ3n) is 5.40. The van der Waals surface area contributed by atoms with Crippen LogP contribution in [0.4, 0.5) is 0 Å². The number of carbonyl (C=O) groups is 2. The second-order valence-corrected chi connectivity index (χ2v) is 8.66. The normalized spacial score (nSPS) is 23.5. The summed E-state index contributed by atoms with van der Waals surface area (Å²) in [6.07, 6.45) is 1.09. The highest BCUT2D eigenvalue weighted by Crippen LogP contribution is 2.48. The molecule has 0 saturated heterocycles. The summed E-state index contributed by atoms with van der Waals surface area (Å²) < 4.78 is 10.7. The van der Waals surface area contributed by atoms with Crippen LogP contribution in [0.25, 0.3) is 0 Å². The Balaban J connectivity index is 2.20. The lowest BCUT2D eigenvalue weighted by Gasteiger charge is -2.41. The molecule has 0 aromatic heterocycles. The predicted octanol–water partition coefficient (Wildman–Crippen LogP) is 3.29. The minimum absolute atomic E-state index is 0.0632. The number of methoxy groups -OCH3 is 1. The molecule has 0 spiro atoms. The molecule has 2 unspecified atom stereocenters. The number of benzene rings is 1. The number of fused-ring (bicyclic) bond motifs is 1. The molecule has 1 heterocycles. The number of carbonyl (C=O) groups excluding carboxylic acids is 2. The van der Waals surface area contributed by atoms with Gasteiger partial charge in [0.1, 0.15) is 5.78 Å². The van der Waals surface area contributed by atoms with Crippen molar-refractivity contribution < 1.29 is 19.1 Å². The second-order valence-electron chi connectivity index (χ2n) is 8.26. The average molecular weight is 419 g/mol. The van der Waals surface area contributed by atoms with Gasteiger partial charge in [-0.15, -0.1) is 0 Å². The van der Waals surface area contributed by atoms with E-state index in [1.807, 2.05) is 18.2 Å². The van der Waals surface area contributed by atoms with Crippen molar-refractivity contribution in [3.8, 4) is 0 Å². The Kier molecular flexibility index (Phi) is 6.56. The van der Waals surface area contributed by atoms with Gasteiger partial charge >= 0.3 is 5.97 Å². The van der Waals surface area contributed by atoms with Crippen molar-refractivity contribution in [1.82, 2.24) is 0 Å². The van der Waals surface area contributed by atoms with Crippen LogP contribution in [0.5, 0.6) is 0 Å². The zero-order chi connectivity index (χ0) is 21.2. The maximum absolute atomic E-state index is 13.2. The molecule has 0 amide bonds. The average Bonchev–Trinajstić information content (AvgIpc) is 2.66. The van der Waals surface area contributed by atoms with Crippen LogP contribution in [0.3, 0.4) is 0 Å². The summed E-state index contributed by atoms with van der Waals surface area (Å²) >= 11 is 6.51. The SMILES string of the molecule is COC(=O)C1=C(COCCN)N=C2CC(C)(C)CC(=O)C2C1c1ccccc1Cl. The fourth-order valence-corrected chi connectivity index (χ4v) is 4.53. The molecule has 156 valence electrons. The molecule has 1 aliphatic carbocycles. The summed E-state index contributed by atoms with van der Waals surface area (Å²) in [4.78, 5) is 30.8. The number of ketones is 1. The molecule has 7 heteroatoms. The summed E-state index contributed by atoms with van der Waals surface area (Å²) in [5.74, 6) is -1.55. The molecular formula is C22H27ClN2O4. The van der Waals surface area contributed by atoms with E-state index in [1.165, 1.54) is 7.11 Å². The predicted molar refractivity (Wildman–Crippen MR) is 112 cm³/mol. The molecule has 29 heavy (non-hydrogen) atoms. The monoisotopic (exact) mass is 418 g/mol. The number of hydrogen-bond donors (Lipinski definition) is 1. The van der Waals surface area contributed by atoms with Crippen molar-refractivity contribution in [3.05, 3.63) is 46.1 Å². The lowest BCUT2D eigenvalue weighted by molar-refractivity contribution is -0.136. The van der Waals surface area contributed by atoms with Crippen LogP contribution in [0.2, 0.25) is 5.02 Å². The van der Waals surface area contributed by atoms with E-state index in [9.17, 15) is 9.59 Å². The van der Waals surface area contributed by atoms with Gasteiger partial charge in [-0.2, -0.15) is 0 Å². The van der Waals surface area contributed by atoms with E-state index < -0.39 is 17.8 Å². The topological polar surface area (TPSA) is 91.0 Å². The summed E-state index contributed by atoms with van der Waals surface area (Å²) in [7, 11) is 1.32. The Morgan fingerprint density at radius 1 is 1.28 bits per heavy atom. The maximum atomic E-state index is 13.2. The third-order valence-corrected chi connectivity index (χ3v) is 5.74. The number of Topliss-reactive ketones (excluding diaryl/α,β-unsaturated/α-hetero) is 1. The number of nitrogens with zero attached hydrogens (tertiary/aromatic N) is 1. The van der Waals surface area contributed by atoms with Gasteiger partial charge in [0.25, 0.3) is 0 Å². The molecule has 2 N–H and O–H groups in total. The molecule has 0 bridgehead atoms. The summed E-state index contributed by atoms with van der Waals surface area (Å²) in [6.45, 7) is 4.93. The molecular weight excluding hydrogens is 392 g/mol. The van der Waals surface area contributed by atoms with Crippen molar-refractivity contribution in [3.63, 3.8) is 0 Å². The van der Waals surface area contributed by atoms with Crippen LogP contribution in [0.15, 0.2) is 40.5 Å². The van der Waals surface area contributed by atoms with Crippen molar-refractivity contribution in [2.24, 2.45) is 22.1 Å². The Hall–Kier alpha value is -2.02. The second kappa shape index (κ2) is 8.78. The minimum atomic E-state index is -0.552. The molecule has 1 aromatic carbocycles. The smallest absolute Gasteiger partial charge is 0.336 e. The van der Waals surface area contributed by atoms with Gasteiger partial charge in [0.15, 0.2) is 0 Å². The highest BCUT2D eigenvalue weighted by molar-refractivity contribution is 6.31. The number of rotatable bonds is 6. The van der Waals surface area contributed by atoms with E-state index in [0.717, 1.165) is 11.3 Å². The first kappa shape index (κ1) is 21.7. The van der Waals surface area contributed by atoms with E-state index in [1.54, 1.807) is 6.07 Å². The highest BCUT2D eigenvalue weighted by Gasteiger charge is 2.48. The Morgan fingerprint density at radius 3 is 2.66 bits per heavy atom. The lowest BCUT2D eigenvalue weighted by Crippen LogP contribution is -2.44. The van der Waals surface area contributed by atoms with Gasteiger partial charge in [-0.25, -0.2) is 4.79 Å². The van der Waals surface area contributed by atoms with Crippen molar-refractivity contribution >= 4 is 29.1 Å². The van der Waals surface area contributed by atoms with Gasteiger partial charge in [0.2, 0.25) is 0 Å². The lowest BCUT2D eigenvalue weighted by atomic mass is 9.63. The fraction of sp³-hybridized carbons (Fsp3) is 0.500. The molecule has 1 aliphatic heterocycles. The van der Waals surface area contributed by atoms with Crippen LogP contribution < -0.4 is 5.73 Å². The quantitative estimate of drug-likeness (QED) is 0.565. The van der Waals surface area contributed by atoms with Gasteiger partial charge in [0.05, 0.1) is 37.5 Å². The molecule has 6 nitrogen and oxygen atoms in total. The molecule has 0 radical (unpaired) electrons. The fourth-order valence-electron chi connectivity index (χ4n) is 4.28. The Morgan fingerprint density at radius 2 is 2.00 bits per heavy atom. The molecule has 1 aromatic rings. The first-order chi connectivity index (χ1) is 13.8. The largest absolute Gasteiger partial charge is 0.466 e. The first-order valence-electron chi connectivity index (χ1n) is 9.73. The zero-order valence-corrected chi connectivity index (χ0v) is 17.8. The molecule has 1 fully saturated rings.